The Morgan fingerprint density at radius 2 is 1.83 bits per heavy atom. The Hall–Kier alpha value is -1.92. The fourth-order valence-electron chi connectivity index (χ4n) is 2.88. The van der Waals surface area contributed by atoms with Crippen molar-refractivity contribution in [3.63, 3.8) is 0 Å². The van der Waals surface area contributed by atoms with Crippen LogP contribution in [0.1, 0.15) is 32.1 Å². The Bertz CT molecular complexity index is 508. The van der Waals surface area contributed by atoms with Crippen LogP contribution in [0.15, 0.2) is 24.3 Å². The van der Waals surface area contributed by atoms with E-state index in [0.717, 1.165) is 38.0 Å². The van der Waals surface area contributed by atoms with E-state index in [-0.39, 0.29) is 12.2 Å². The van der Waals surface area contributed by atoms with Crippen LogP contribution in [0.25, 0.3) is 0 Å². The van der Waals surface area contributed by atoms with E-state index < -0.39 is 12.3 Å². The maximum atomic E-state index is 12.1. The standard InChI is InChI=1S/C16H20F3NO3/c17-16(18,19)23-14-6-4-13(5-7-14)20-10-8-12(9-11-20)2-1-3-15(21)22/h4-7,12H,1-3,8-11H2,(H,21,22). The zero-order valence-corrected chi connectivity index (χ0v) is 12.7. The van der Waals surface area contributed by atoms with Crippen molar-refractivity contribution in [3.05, 3.63) is 24.3 Å². The normalized spacial score (nSPS) is 16.4. The fraction of sp³-hybridized carbons (Fsp3) is 0.562. The number of carbonyl (C=O) groups is 1. The van der Waals surface area contributed by atoms with E-state index in [1.165, 1.54) is 12.1 Å². The predicted molar refractivity (Wildman–Crippen MR) is 79.5 cm³/mol. The molecule has 0 atom stereocenters. The van der Waals surface area contributed by atoms with Gasteiger partial charge < -0.3 is 14.7 Å². The third-order valence-electron chi connectivity index (χ3n) is 4.05. The van der Waals surface area contributed by atoms with E-state index in [2.05, 4.69) is 9.64 Å². The summed E-state index contributed by atoms with van der Waals surface area (Å²) in [6.45, 7) is 1.66. The number of anilines is 1. The molecule has 1 aromatic rings. The lowest BCUT2D eigenvalue weighted by molar-refractivity contribution is -0.274. The van der Waals surface area contributed by atoms with Crippen LogP contribution >= 0.6 is 0 Å². The highest BCUT2D eigenvalue weighted by atomic mass is 19.4. The van der Waals surface area contributed by atoms with Crippen LogP contribution in [0.4, 0.5) is 18.9 Å². The summed E-state index contributed by atoms with van der Waals surface area (Å²) in [6, 6.07) is 5.90. The van der Waals surface area contributed by atoms with Gasteiger partial charge in [0.25, 0.3) is 0 Å². The first-order valence-electron chi connectivity index (χ1n) is 7.66. The average Bonchev–Trinajstić information content (AvgIpc) is 2.47. The molecule has 4 nitrogen and oxygen atoms in total. The number of carboxylic acid groups (broad SMARTS) is 1. The molecule has 1 saturated heterocycles. The van der Waals surface area contributed by atoms with Crippen molar-refractivity contribution in [1.29, 1.82) is 0 Å². The highest BCUT2D eigenvalue weighted by Crippen LogP contribution is 2.29. The number of hydrogen-bond donors (Lipinski definition) is 1. The summed E-state index contributed by atoms with van der Waals surface area (Å²) in [4.78, 5) is 12.6. The van der Waals surface area contributed by atoms with E-state index in [1.807, 2.05) is 0 Å². The fourth-order valence-corrected chi connectivity index (χ4v) is 2.88. The zero-order chi connectivity index (χ0) is 16.9. The van der Waals surface area contributed by atoms with Crippen molar-refractivity contribution in [3.8, 4) is 5.75 Å². The quantitative estimate of drug-likeness (QED) is 0.854. The first-order valence-corrected chi connectivity index (χ1v) is 7.66. The molecule has 23 heavy (non-hydrogen) atoms. The van der Waals surface area contributed by atoms with Gasteiger partial charge in [-0.2, -0.15) is 0 Å². The molecule has 1 aromatic carbocycles. The van der Waals surface area contributed by atoms with E-state index in [1.54, 1.807) is 12.1 Å². The van der Waals surface area contributed by atoms with Gasteiger partial charge in [0.1, 0.15) is 5.75 Å². The molecule has 1 fully saturated rings. The van der Waals surface area contributed by atoms with E-state index in [0.29, 0.717) is 12.3 Å². The lowest BCUT2D eigenvalue weighted by atomic mass is 9.91. The van der Waals surface area contributed by atoms with Gasteiger partial charge in [-0.25, -0.2) is 0 Å². The number of rotatable bonds is 6. The molecule has 0 bridgehead atoms. The second-order valence-electron chi connectivity index (χ2n) is 5.76. The van der Waals surface area contributed by atoms with Crippen molar-refractivity contribution in [2.75, 3.05) is 18.0 Å². The summed E-state index contributed by atoms with van der Waals surface area (Å²) < 4.78 is 40.2. The van der Waals surface area contributed by atoms with Gasteiger partial charge in [-0.3, -0.25) is 4.79 Å². The first-order chi connectivity index (χ1) is 10.8. The van der Waals surface area contributed by atoms with Crippen LogP contribution in [0.2, 0.25) is 0 Å². The van der Waals surface area contributed by atoms with Crippen LogP contribution in [-0.4, -0.2) is 30.5 Å². The Kier molecular flexibility index (Phi) is 5.74. The molecule has 7 heteroatoms. The van der Waals surface area contributed by atoms with Gasteiger partial charge in [0.15, 0.2) is 0 Å². The number of piperidine rings is 1. The van der Waals surface area contributed by atoms with Crippen molar-refractivity contribution in [2.24, 2.45) is 5.92 Å². The van der Waals surface area contributed by atoms with Gasteiger partial charge in [0.2, 0.25) is 0 Å². The predicted octanol–water partition coefficient (Wildman–Crippen LogP) is 4.06. The summed E-state index contributed by atoms with van der Waals surface area (Å²) in [5.41, 5.74) is 0.878. The molecule has 1 aliphatic rings. The molecule has 1 heterocycles. The highest BCUT2D eigenvalue weighted by molar-refractivity contribution is 5.66. The SMILES string of the molecule is O=C(O)CCCC1CCN(c2ccc(OC(F)(F)F)cc2)CC1. The second kappa shape index (κ2) is 7.57. The van der Waals surface area contributed by atoms with E-state index in [9.17, 15) is 18.0 Å². The zero-order valence-electron chi connectivity index (χ0n) is 12.7. The Labute approximate surface area is 132 Å². The van der Waals surface area contributed by atoms with Crippen LogP contribution < -0.4 is 9.64 Å². The van der Waals surface area contributed by atoms with Crippen LogP contribution in [0.3, 0.4) is 0 Å². The smallest absolute Gasteiger partial charge is 0.481 e. The molecule has 0 aliphatic carbocycles. The minimum atomic E-state index is -4.67. The summed E-state index contributed by atoms with van der Waals surface area (Å²) >= 11 is 0. The number of aliphatic carboxylic acids is 1. The highest BCUT2D eigenvalue weighted by Gasteiger charge is 2.31. The largest absolute Gasteiger partial charge is 0.573 e. The molecule has 1 aliphatic heterocycles. The van der Waals surface area contributed by atoms with Gasteiger partial charge in [0, 0.05) is 25.2 Å². The molecule has 1 N–H and O–H groups in total. The number of alkyl halides is 3. The monoisotopic (exact) mass is 331 g/mol. The molecular weight excluding hydrogens is 311 g/mol. The van der Waals surface area contributed by atoms with Gasteiger partial charge in [-0.15, -0.1) is 13.2 Å². The molecule has 0 spiro atoms. The molecular formula is C16H20F3NO3. The van der Waals surface area contributed by atoms with Crippen LogP contribution in [0, 0.1) is 5.92 Å². The van der Waals surface area contributed by atoms with Crippen LogP contribution in [0.5, 0.6) is 5.75 Å². The Morgan fingerprint density at radius 3 is 2.35 bits per heavy atom. The molecule has 2 rings (SSSR count). The Balaban J connectivity index is 1.79. The maximum Gasteiger partial charge on any atom is 0.573 e. The lowest BCUT2D eigenvalue weighted by Crippen LogP contribution is -2.33. The molecule has 0 saturated carbocycles. The summed E-state index contributed by atoms with van der Waals surface area (Å²) in [7, 11) is 0. The maximum absolute atomic E-state index is 12.1. The van der Waals surface area contributed by atoms with Crippen molar-refractivity contribution in [1.82, 2.24) is 0 Å². The summed E-state index contributed by atoms with van der Waals surface area (Å²) in [6.07, 6.45) is -0.903. The topological polar surface area (TPSA) is 49.8 Å². The minimum Gasteiger partial charge on any atom is -0.481 e. The second-order valence-corrected chi connectivity index (χ2v) is 5.76. The van der Waals surface area contributed by atoms with Gasteiger partial charge >= 0.3 is 12.3 Å². The van der Waals surface area contributed by atoms with Crippen molar-refractivity contribution in [2.45, 2.75) is 38.5 Å². The van der Waals surface area contributed by atoms with E-state index in [4.69, 9.17) is 5.11 Å². The van der Waals surface area contributed by atoms with Gasteiger partial charge in [-0.1, -0.05) is 0 Å². The number of halogens is 3. The minimum absolute atomic E-state index is 0.209. The number of carboxylic acids is 1. The number of benzene rings is 1. The molecule has 0 aromatic heterocycles. The molecule has 0 amide bonds. The van der Waals surface area contributed by atoms with Crippen LogP contribution in [-0.2, 0) is 4.79 Å². The summed E-state index contributed by atoms with van der Waals surface area (Å²) in [5.74, 6) is -0.452. The van der Waals surface area contributed by atoms with E-state index >= 15 is 0 Å². The number of ether oxygens (including phenoxy) is 1. The third kappa shape index (κ3) is 6.00. The molecule has 128 valence electrons. The molecule has 0 radical (unpaired) electrons. The Morgan fingerprint density at radius 1 is 1.22 bits per heavy atom. The lowest BCUT2D eigenvalue weighted by Gasteiger charge is -2.33. The number of hydrogen-bond acceptors (Lipinski definition) is 3. The number of nitrogens with zero attached hydrogens (tertiary/aromatic N) is 1. The van der Waals surface area contributed by atoms with Crippen molar-refractivity contribution < 1.29 is 27.8 Å². The van der Waals surface area contributed by atoms with Crippen molar-refractivity contribution >= 4 is 11.7 Å². The van der Waals surface area contributed by atoms with Gasteiger partial charge in [0.05, 0.1) is 0 Å². The van der Waals surface area contributed by atoms with Gasteiger partial charge in [-0.05, 0) is 55.9 Å². The summed E-state index contributed by atoms with van der Waals surface area (Å²) in [5, 5.41) is 8.64. The first kappa shape index (κ1) is 17.4. The average molecular weight is 331 g/mol. The third-order valence-corrected chi connectivity index (χ3v) is 4.05. The molecule has 0 unspecified atom stereocenters.